The molecule has 1 aliphatic rings. The molecule has 1 aromatic heterocycles. The summed E-state index contributed by atoms with van der Waals surface area (Å²) in [6.07, 6.45) is 1.19. The zero-order chi connectivity index (χ0) is 25.1. The van der Waals surface area contributed by atoms with Crippen molar-refractivity contribution >= 4 is 29.0 Å². The van der Waals surface area contributed by atoms with Crippen LogP contribution in [0.2, 0.25) is 5.02 Å². The van der Waals surface area contributed by atoms with Gasteiger partial charge in [-0.2, -0.15) is 0 Å². The van der Waals surface area contributed by atoms with E-state index < -0.39 is 4.92 Å². The molecule has 1 saturated heterocycles. The predicted molar refractivity (Wildman–Crippen MR) is 132 cm³/mol. The van der Waals surface area contributed by atoms with Gasteiger partial charge >= 0.3 is 0 Å². The van der Waals surface area contributed by atoms with Gasteiger partial charge in [-0.05, 0) is 50.1 Å². The molecule has 0 bridgehead atoms. The van der Waals surface area contributed by atoms with E-state index >= 15 is 0 Å². The molecule has 182 valence electrons. The van der Waals surface area contributed by atoms with E-state index in [1.165, 1.54) is 30.3 Å². The van der Waals surface area contributed by atoms with Crippen molar-refractivity contribution in [3.63, 3.8) is 0 Å². The van der Waals surface area contributed by atoms with E-state index in [9.17, 15) is 19.3 Å². The number of halogens is 2. The molecule has 3 aromatic rings. The SMILES string of the molecule is Cc1nc(C)c(Cc2cccc(F)c2)c(N2CCCN(C(=O)c3ccc(Cl)c([N+](=O)[O-])c3)CC2)n1. The molecule has 35 heavy (non-hydrogen) atoms. The van der Waals surface area contributed by atoms with Crippen molar-refractivity contribution in [2.75, 3.05) is 31.1 Å². The number of amides is 1. The number of nitro groups is 1. The number of nitro benzene ring substituents is 1. The summed E-state index contributed by atoms with van der Waals surface area (Å²) in [5, 5.41) is 11.2. The molecule has 10 heteroatoms. The second-order valence-electron chi connectivity index (χ2n) is 8.52. The number of carbonyl (C=O) groups is 1. The highest BCUT2D eigenvalue weighted by molar-refractivity contribution is 6.32. The Balaban J connectivity index is 1.56. The maximum absolute atomic E-state index is 13.8. The van der Waals surface area contributed by atoms with Gasteiger partial charge in [0, 0.05) is 55.5 Å². The summed E-state index contributed by atoms with van der Waals surface area (Å²) in [4.78, 5) is 36.8. The van der Waals surface area contributed by atoms with Gasteiger partial charge in [-0.1, -0.05) is 23.7 Å². The van der Waals surface area contributed by atoms with Gasteiger partial charge in [-0.25, -0.2) is 14.4 Å². The summed E-state index contributed by atoms with van der Waals surface area (Å²) in [5.41, 5.74) is 2.53. The fourth-order valence-electron chi connectivity index (χ4n) is 4.34. The molecule has 0 radical (unpaired) electrons. The molecule has 1 fully saturated rings. The van der Waals surface area contributed by atoms with Crippen molar-refractivity contribution in [2.45, 2.75) is 26.7 Å². The Kier molecular flexibility index (Phi) is 7.25. The Labute approximate surface area is 207 Å². The van der Waals surface area contributed by atoms with Crippen LogP contribution in [0.25, 0.3) is 0 Å². The molecule has 0 saturated carbocycles. The highest BCUT2D eigenvalue weighted by atomic mass is 35.5. The van der Waals surface area contributed by atoms with Crippen LogP contribution in [0.5, 0.6) is 0 Å². The Morgan fingerprint density at radius 2 is 1.91 bits per heavy atom. The van der Waals surface area contributed by atoms with Crippen LogP contribution in [0.15, 0.2) is 42.5 Å². The highest BCUT2D eigenvalue weighted by Crippen LogP contribution is 2.28. The molecule has 1 aliphatic heterocycles. The topological polar surface area (TPSA) is 92.5 Å². The number of carbonyl (C=O) groups excluding carboxylic acids is 1. The van der Waals surface area contributed by atoms with Crippen LogP contribution in [-0.4, -0.2) is 51.9 Å². The third-order valence-electron chi connectivity index (χ3n) is 6.05. The van der Waals surface area contributed by atoms with Gasteiger partial charge in [0.2, 0.25) is 0 Å². The molecule has 2 aromatic carbocycles. The Bertz CT molecular complexity index is 1290. The number of aromatic nitrogens is 2. The number of aryl methyl sites for hydroxylation is 2. The van der Waals surface area contributed by atoms with Crippen molar-refractivity contribution in [2.24, 2.45) is 0 Å². The molecule has 0 unspecified atom stereocenters. The lowest BCUT2D eigenvalue weighted by Crippen LogP contribution is -2.35. The number of benzene rings is 2. The maximum Gasteiger partial charge on any atom is 0.288 e. The number of hydrogen-bond acceptors (Lipinski definition) is 6. The standard InChI is InChI=1S/C25H25ClFN5O3/c1-16-21(14-18-5-3-6-20(27)13-18)24(29-17(2)28-16)30-9-4-10-31(12-11-30)25(33)19-7-8-22(26)23(15-19)32(34)35/h3,5-8,13,15H,4,9-12,14H2,1-2H3. The summed E-state index contributed by atoms with van der Waals surface area (Å²) in [6, 6.07) is 10.6. The van der Waals surface area contributed by atoms with Crippen LogP contribution in [-0.2, 0) is 6.42 Å². The number of hydrogen-bond donors (Lipinski definition) is 0. The lowest BCUT2D eigenvalue weighted by Gasteiger charge is -2.26. The first-order chi connectivity index (χ1) is 16.7. The second-order valence-corrected chi connectivity index (χ2v) is 8.93. The minimum Gasteiger partial charge on any atom is -0.354 e. The highest BCUT2D eigenvalue weighted by Gasteiger charge is 2.25. The lowest BCUT2D eigenvalue weighted by atomic mass is 10.0. The Morgan fingerprint density at radius 3 is 2.66 bits per heavy atom. The number of anilines is 1. The third kappa shape index (κ3) is 5.57. The summed E-state index contributed by atoms with van der Waals surface area (Å²) in [5.74, 6) is 0.865. The molecule has 0 atom stereocenters. The largest absolute Gasteiger partial charge is 0.354 e. The second kappa shape index (κ2) is 10.4. The van der Waals surface area contributed by atoms with Crippen LogP contribution in [0, 0.1) is 29.8 Å². The molecule has 4 rings (SSSR count). The average Bonchev–Trinajstić information content (AvgIpc) is 3.07. The van der Waals surface area contributed by atoms with Crippen molar-refractivity contribution in [3.8, 4) is 0 Å². The van der Waals surface area contributed by atoms with Crippen LogP contribution in [0.3, 0.4) is 0 Å². The van der Waals surface area contributed by atoms with E-state index in [0.29, 0.717) is 44.8 Å². The van der Waals surface area contributed by atoms with Crippen LogP contribution < -0.4 is 4.90 Å². The first kappa shape index (κ1) is 24.5. The van der Waals surface area contributed by atoms with Crippen molar-refractivity contribution < 1.29 is 14.1 Å². The van der Waals surface area contributed by atoms with Crippen LogP contribution in [0.4, 0.5) is 15.9 Å². The summed E-state index contributed by atoms with van der Waals surface area (Å²) in [7, 11) is 0. The number of rotatable bonds is 5. The van der Waals surface area contributed by atoms with E-state index in [0.717, 1.165) is 22.6 Å². The molecule has 0 spiro atoms. The van der Waals surface area contributed by atoms with E-state index in [1.54, 1.807) is 11.0 Å². The average molecular weight is 498 g/mol. The zero-order valence-electron chi connectivity index (χ0n) is 19.5. The lowest BCUT2D eigenvalue weighted by molar-refractivity contribution is -0.384. The van der Waals surface area contributed by atoms with E-state index in [4.69, 9.17) is 16.6 Å². The molecular weight excluding hydrogens is 473 g/mol. The third-order valence-corrected chi connectivity index (χ3v) is 6.37. The van der Waals surface area contributed by atoms with Gasteiger partial charge in [0.25, 0.3) is 11.6 Å². The Hall–Kier alpha value is -3.59. The molecule has 8 nitrogen and oxygen atoms in total. The van der Waals surface area contributed by atoms with Gasteiger partial charge in [0.05, 0.1) is 4.92 Å². The zero-order valence-corrected chi connectivity index (χ0v) is 20.3. The van der Waals surface area contributed by atoms with Gasteiger partial charge in [0.15, 0.2) is 0 Å². The molecule has 2 heterocycles. The van der Waals surface area contributed by atoms with Gasteiger partial charge in [0.1, 0.15) is 22.5 Å². The summed E-state index contributed by atoms with van der Waals surface area (Å²) >= 11 is 5.90. The maximum atomic E-state index is 13.8. The molecule has 0 N–H and O–H groups in total. The summed E-state index contributed by atoms with van der Waals surface area (Å²) in [6.45, 7) is 5.91. The first-order valence-corrected chi connectivity index (χ1v) is 11.7. The fraction of sp³-hybridized carbons (Fsp3) is 0.320. The molecule has 1 amide bonds. The van der Waals surface area contributed by atoms with E-state index in [1.807, 2.05) is 19.9 Å². The number of nitrogens with zero attached hydrogens (tertiary/aromatic N) is 5. The minimum absolute atomic E-state index is 0.00563. The van der Waals surface area contributed by atoms with Crippen molar-refractivity contribution in [1.82, 2.24) is 14.9 Å². The van der Waals surface area contributed by atoms with E-state index in [2.05, 4.69) is 9.88 Å². The van der Waals surface area contributed by atoms with Crippen molar-refractivity contribution in [3.05, 3.63) is 91.6 Å². The normalized spacial score (nSPS) is 14.1. The minimum atomic E-state index is -0.594. The molecular formula is C25H25ClFN5O3. The van der Waals surface area contributed by atoms with Crippen molar-refractivity contribution in [1.29, 1.82) is 0 Å². The molecule has 0 aliphatic carbocycles. The monoisotopic (exact) mass is 497 g/mol. The smallest absolute Gasteiger partial charge is 0.288 e. The van der Waals surface area contributed by atoms with E-state index in [-0.39, 0.29) is 28.0 Å². The van der Waals surface area contributed by atoms with Gasteiger partial charge in [-0.15, -0.1) is 0 Å². The van der Waals surface area contributed by atoms with Gasteiger partial charge < -0.3 is 9.80 Å². The Morgan fingerprint density at radius 1 is 1.11 bits per heavy atom. The first-order valence-electron chi connectivity index (χ1n) is 11.3. The van der Waals surface area contributed by atoms with Crippen LogP contribution >= 0.6 is 11.6 Å². The predicted octanol–water partition coefficient (Wildman–Crippen LogP) is 4.74. The fourth-order valence-corrected chi connectivity index (χ4v) is 4.52. The quantitative estimate of drug-likeness (QED) is 0.373. The van der Waals surface area contributed by atoms with Crippen LogP contribution in [0.1, 0.15) is 39.4 Å². The summed E-state index contributed by atoms with van der Waals surface area (Å²) < 4.78 is 13.8. The van der Waals surface area contributed by atoms with Gasteiger partial charge in [-0.3, -0.25) is 14.9 Å².